The largest absolute Gasteiger partial charge is 0.396 e. The van der Waals surface area contributed by atoms with Gasteiger partial charge < -0.3 is 11.1 Å². The van der Waals surface area contributed by atoms with Gasteiger partial charge in [0.15, 0.2) is 0 Å². The van der Waals surface area contributed by atoms with Gasteiger partial charge in [-0.25, -0.2) is 4.39 Å². The predicted octanol–water partition coefficient (Wildman–Crippen LogP) is 2.57. The number of carbonyl (C=O) groups excluding carboxylic acids is 1. The van der Waals surface area contributed by atoms with Gasteiger partial charge in [0.05, 0.1) is 5.69 Å². The lowest BCUT2D eigenvalue weighted by molar-refractivity contribution is 0.0943. The third-order valence-electron chi connectivity index (χ3n) is 4.55. The Hall–Kier alpha value is -1.58. The summed E-state index contributed by atoms with van der Waals surface area (Å²) in [6.45, 7) is 8.49. The molecule has 1 aromatic carbocycles. The molecular formula is C14H19FN2O. The highest BCUT2D eigenvalue weighted by Gasteiger charge is 2.65. The lowest BCUT2D eigenvalue weighted by Crippen LogP contribution is -2.29. The topological polar surface area (TPSA) is 55.1 Å². The molecule has 1 fully saturated rings. The van der Waals surface area contributed by atoms with Crippen molar-refractivity contribution in [3.63, 3.8) is 0 Å². The van der Waals surface area contributed by atoms with Crippen LogP contribution in [0.15, 0.2) is 18.2 Å². The van der Waals surface area contributed by atoms with E-state index < -0.39 is 5.82 Å². The standard InChI is InChI=1S/C14H19FN2O/c1-13(2)12(14(13,3)4)17-11(18)8-5-6-9(15)10(16)7-8/h5-7,12H,16H2,1-4H3,(H,17,18). The Balaban J connectivity index is 2.12. The summed E-state index contributed by atoms with van der Waals surface area (Å²) in [5.74, 6) is -0.705. The van der Waals surface area contributed by atoms with Gasteiger partial charge in [0.25, 0.3) is 5.91 Å². The van der Waals surface area contributed by atoms with Crippen molar-refractivity contribution in [3.05, 3.63) is 29.6 Å². The van der Waals surface area contributed by atoms with E-state index in [1.807, 2.05) is 0 Å². The Kier molecular flexibility index (Phi) is 2.65. The first-order valence-corrected chi connectivity index (χ1v) is 6.04. The van der Waals surface area contributed by atoms with Gasteiger partial charge in [0, 0.05) is 11.6 Å². The van der Waals surface area contributed by atoms with E-state index in [2.05, 4.69) is 33.0 Å². The van der Waals surface area contributed by atoms with Crippen molar-refractivity contribution in [2.45, 2.75) is 33.7 Å². The van der Waals surface area contributed by atoms with Crippen molar-refractivity contribution in [2.24, 2.45) is 10.8 Å². The van der Waals surface area contributed by atoms with E-state index in [-0.39, 0.29) is 28.5 Å². The van der Waals surface area contributed by atoms with Crippen LogP contribution in [0.1, 0.15) is 38.1 Å². The Morgan fingerprint density at radius 3 is 2.28 bits per heavy atom. The molecule has 0 unspecified atom stereocenters. The van der Waals surface area contributed by atoms with Gasteiger partial charge in [-0.3, -0.25) is 4.79 Å². The number of halogens is 1. The number of carbonyl (C=O) groups is 1. The first kappa shape index (κ1) is 12.9. The first-order valence-electron chi connectivity index (χ1n) is 6.04. The summed E-state index contributed by atoms with van der Waals surface area (Å²) in [7, 11) is 0. The van der Waals surface area contributed by atoms with Gasteiger partial charge in [-0.05, 0) is 29.0 Å². The molecule has 0 atom stereocenters. The molecule has 1 aromatic rings. The highest BCUT2D eigenvalue weighted by atomic mass is 19.1. The van der Waals surface area contributed by atoms with Crippen LogP contribution in [0, 0.1) is 16.6 Å². The number of anilines is 1. The van der Waals surface area contributed by atoms with Crippen molar-refractivity contribution in [1.29, 1.82) is 0 Å². The number of benzene rings is 1. The Labute approximate surface area is 107 Å². The molecule has 1 amide bonds. The van der Waals surface area contributed by atoms with E-state index in [1.54, 1.807) is 0 Å². The first-order chi connectivity index (χ1) is 8.18. The summed E-state index contributed by atoms with van der Waals surface area (Å²) in [6.07, 6.45) is 0. The van der Waals surface area contributed by atoms with Gasteiger partial charge in [-0.2, -0.15) is 0 Å². The van der Waals surface area contributed by atoms with Crippen molar-refractivity contribution in [3.8, 4) is 0 Å². The van der Waals surface area contributed by atoms with Crippen molar-refractivity contribution < 1.29 is 9.18 Å². The zero-order chi connectivity index (χ0) is 13.7. The SMILES string of the molecule is CC1(C)C(NC(=O)c2ccc(F)c(N)c2)C1(C)C. The summed E-state index contributed by atoms with van der Waals surface area (Å²) < 4.78 is 13.0. The molecule has 4 heteroatoms. The van der Waals surface area contributed by atoms with Crippen LogP contribution >= 0.6 is 0 Å². The Bertz CT molecular complexity index is 495. The van der Waals surface area contributed by atoms with Crippen LogP contribution in [-0.4, -0.2) is 11.9 Å². The summed E-state index contributed by atoms with van der Waals surface area (Å²) >= 11 is 0. The van der Waals surface area contributed by atoms with Gasteiger partial charge in [0.2, 0.25) is 0 Å². The second-order valence-electron chi connectivity index (χ2n) is 6.09. The molecule has 0 spiro atoms. The van der Waals surface area contributed by atoms with Crippen LogP contribution in [0.5, 0.6) is 0 Å². The molecule has 0 aromatic heterocycles. The van der Waals surface area contributed by atoms with Crippen LogP contribution < -0.4 is 11.1 Å². The number of nitrogens with two attached hydrogens (primary N) is 1. The molecule has 0 aliphatic heterocycles. The molecule has 0 radical (unpaired) electrons. The minimum absolute atomic E-state index is 0.00281. The maximum Gasteiger partial charge on any atom is 0.251 e. The molecule has 1 saturated carbocycles. The van der Waals surface area contributed by atoms with Gasteiger partial charge in [0.1, 0.15) is 5.82 Å². The minimum atomic E-state index is -0.501. The van der Waals surface area contributed by atoms with Crippen LogP contribution in [0.4, 0.5) is 10.1 Å². The Morgan fingerprint density at radius 1 is 1.28 bits per heavy atom. The molecule has 98 valence electrons. The highest BCUT2D eigenvalue weighted by molar-refractivity contribution is 5.95. The van der Waals surface area contributed by atoms with Crippen molar-refractivity contribution in [2.75, 3.05) is 5.73 Å². The molecule has 1 aliphatic rings. The van der Waals surface area contributed by atoms with Crippen LogP contribution in [-0.2, 0) is 0 Å². The van der Waals surface area contributed by atoms with Gasteiger partial charge >= 0.3 is 0 Å². The number of nitrogen functional groups attached to an aromatic ring is 1. The number of rotatable bonds is 2. The molecule has 0 heterocycles. The molecule has 3 N–H and O–H groups in total. The molecule has 0 saturated heterocycles. The summed E-state index contributed by atoms with van der Waals surface area (Å²) in [4.78, 5) is 12.0. The zero-order valence-corrected chi connectivity index (χ0v) is 11.2. The zero-order valence-electron chi connectivity index (χ0n) is 11.2. The average molecular weight is 250 g/mol. The summed E-state index contributed by atoms with van der Waals surface area (Å²) in [5, 5.41) is 2.98. The number of nitrogens with one attached hydrogen (secondary N) is 1. The van der Waals surface area contributed by atoms with Crippen LogP contribution in [0.25, 0.3) is 0 Å². The van der Waals surface area contributed by atoms with Gasteiger partial charge in [-0.1, -0.05) is 27.7 Å². The monoisotopic (exact) mass is 250 g/mol. The Morgan fingerprint density at radius 2 is 1.83 bits per heavy atom. The fourth-order valence-electron chi connectivity index (χ4n) is 2.46. The maximum atomic E-state index is 13.0. The minimum Gasteiger partial charge on any atom is -0.396 e. The molecule has 18 heavy (non-hydrogen) atoms. The second-order valence-corrected chi connectivity index (χ2v) is 6.09. The fourth-order valence-corrected chi connectivity index (χ4v) is 2.46. The van der Waals surface area contributed by atoms with E-state index in [0.29, 0.717) is 5.56 Å². The molecule has 2 rings (SSSR count). The fraction of sp³-hybridized carbons (Fsp3) is 0.500. The number of hydrogen-bond donors (Lipinski definition) is 2. The van der Waals surface area contributed by atoms with Crippen molar-refractivity contribution in [1.82, 2.24) is 5.32 Å². The predicted molar refractivity (Wildman–Crippen MR) is 69.6 cm³/mol. The van der Waals surface area contributed by atoms with Crippen molar-refractivity contribution >= 4 is 11.6 Å². The maximum absolute atomic E-state index is 13.0. The quantitative estimate of drug-likeness (QED) is 0.793. The highest BCUT2D eigenvalue weighted by Crippen LogP contribution is 2.62. The van der Waals surface area contributed by atoms with E-state index >= 15 is 0 Å². The summed E-state index contributed by atoms with van der Waals surface area (Å²) in [5.41, 5.74) is 6.00. The van der Waals surface area contributed by atoms with E-state index in [0.717, 1.165) is 0 Å². The number of hydrogen-bond acceptors (Lipinski definition) is 2. The molecule has 0 bridgehead atoms. The molecular weight excluding hydrogens is 231 g/mol. The molecule has 1 aliphatic carbocycles. The lowest BCUT2D eigenvalue weighted by atomic mass is 10.0. The second kappa shape index (κ2) is 3.70. The third-order valence-corrected chi connectivity index (χ3v) is 4.55. The van der Waals surface area contributed by atoms with E-state index in [1.165, 1.54) is 18.2 Å². The van der Waals surface area contributed by atoms with Crippen LogP contribution in [0.2, 0.25) is 0 Å². The van der Waals surface area contributed by atoms with E-state index in [9.17, 15) is 9.18 Å². The molecule has 3 nitrogen and oxygen atoms in total. The number of amides is 1. The summed E-state index contributed by atoms with van der Waals surface area (Å²) in [6, 6.07) is 4.16. The lowest BCUT2D eigenvalue weighted by Gasteiger charge is -2.07. The van der Waals surface area contributed by atoms with Crippen LogP contribution in [0.3, 0.4) is 0 Å². The normalized spacial score (nSPS) is 20.5. The van der Waals surface area contributed by atoms with Gasteiger partial charge in [-0.15, -0.1) is 0 Å². The van der Waals surface area contributed by atoms with E-state index in [4.69, 9.17) is 5.73 Å². The average Bonchev–Trinajstić information content (AvgIpc) is 2.65. The third kappa shape index (κ3) is 1.76. The smallest absolute Gasteiger partial charge is 0.251 e.